The van der Waals surface area contributed by atoms with Gasteiger partial charge in [0.25, 0.3) is 0 Å². The maximum Gasteiger partial charge on any atom is 0.118 e. The minimum absolute atomic E-state index is 0.682. The third-order valence-electron chi connectivity index (χ3n) is 3.50. The first-order valence-corrected chi connectivity index (χ1v) is 6.37. The van der Waals surface area contributed by atoms with Crippen molar-refractivity contribution in [1.29, 1.82) is 0 Å². The van der Waals surface area contributed by atoms with E-state index in [1.807, 2.05) is 12.1 Å². The van der Waals surface area contributed by atoms with Crippen molar-refractivity contribution < 1.29 is 4.74 Å². The molecule has 0 radical (unpaired) electrons. The van der Waals surface area contributed by atoms with Crippen molar-refractivity contribution in [2.24, 2.45) is 11.7 Å². The average molecular weight is 234 g/mol. The maximum atomic E-state index is 5.75. The zero-order valence-electron chi connectivity index (χ0n) is 10.6. The summed E-state index contributed by atoms with van der Waals surface area (Å²) in [4.78, 5) is 2.50. The molecule has 1 aliphatic rings. The fraction of sp³-hybridized carbons (Fsp3) is 0.571. The molecule has 3 heteroatoms. The molecule has 2 rings (SSSR count). The number of piperidine rings is 1. The Hall–Kier alpha value is -1.06. The Morgan fingerprint density at radius 1 is 1.35 bits per heavy atom. The lowest BCUT2D eigenvalue weighted by Gasteiger charge is -2.32. The molecule has 1 aliphatic heterocycles. The van der Waals surface area contributed by atoms with Crippen molar-refractivity contribution in [3.63, 3.8) is 0 Å². The minimum atomic E-state index is 0.682. The van der Waals surface area contributed by atoms with Gasteiger partial charge in [-0.1, -0.05) is 12.1 Å². The molecule has 17 heavy (non-hydrogen) atoms. The quantitative estimate of drug-likeness (QED) is 0.864. The SMILES string of the molecule is COc1ccc(CN2CCCC(CN)C2)cc1. The predicted molar refractivity (Wildman–Crippen MR) is 70.0 cm³/mol. The summed E-state index contributed by atoms with van der Waals surface area (Å²) in [5.41, 5.74) is 7.10. The average Bonchev–Trinajstić information content (AvgIpc) is 2.40. The summed E-state index contributed by atoms with van der Waals surface area (Å²) in [5.74, 6) is 1.61. The number of likely N-dealkylation sites (tertiary alicyclic amines) is 1. The third-order valence-corrected chi connectivity index (χ3v) is 3.50. The largest absolute Gasteiger partial charge is 0.497 e. The van der Waals surface area contributed by atoms with Crippen LogP contribution in [0.5, 0.6) is 5.75 Å². The van der Waals surface area contributed by atoms with Crippen molar-refractivity contribution in [1.82, 2.24) is 4.90 Å². The Balaban J connectivity index is 1.90. The Labute approximate surface area is 104 Å². The smallest absolute Gasteiger partial charge is 0.118 e. The van der Waals surface area contributed by atoms with E-state index in [4.69, 9.17) is 10.5 Å². The second-order valence-corrected chi connectivity index (χ2v) is 4.83. The van der Waals surface area contributed by atoms with Crippen LogP contribution in [0.3, 0.4) is 0 Å². The van der Waals surface area contributed by atoms with E-state index in [9.17, 15) is 0 Å². The van der Waals surface area contributed by atoms with Crippen LogP contribution in [0.2, 0.25) is 0 Å². The van der Waals surface area contributed by atoms with Crippen LogP contribution < -0.4 is 10.5 Å². The zero-order valence-corrected chi connectivity index (χ0v) is 10.6. The molecule has 0 aromatic heterocycles. The fourth-order valence-electron chi connectivity index (χ4n) is 2.48. The van der Waals surface area contributed by atoms with Crippen LogP contribution in [0.25, 0.3) is 0 Å². The van der Waals surface area contributed by atoms with Crippen LogP contribution in [0.4, 0.5) is 0 Å². The predicted octanol–water partition coefficient (Wildman–Crippen LogP) is 1.87. The Morgan fingerprint density at radius 3 is 2.76 bits per heavy atom. The van der Waals surface area contributed by atoms with E-state index in [1.54, 1.807) is 7.11 Å². The Morgan fingerprint density at radius 2 is 2.12 bits per heavy atom. The number of benzene rings is 1. The molecule has 0 aliphatic carbocycles. The monoisotopic (exact) mass is 234 g/mol. The van der Waals surface area contributed by atoms with Gasteiger partial charge >= 0.3 is 0 Å². The molecule has 1 aromatic rings. The van der Waals surface area contributed by atoms with E-state index < -0.39 is 0 Å². The van der Waals surface area contributed by atoms with Gasteiger partial charge in [-0.2, -0.15) is 0 Å². The van der Waals surface area contributed by atoms with E-state index in [1.165, 1.54) is 24.9 Å². The van der Waals surface area contributed by atoms with Crippen molar-refractivity contribution in [3.05, 3.63) is 29.8 Å². The highest BCUT2D eigenvalue weighted by Crippen LogP contribution is 2.19. The molecule has 0 bridgehead atoms. The number of hydrogen-bond acceptors (Lipinski definition) is 3. The van der Waals surface area contributed by atoms with Crippen LogP contribution in [-0.4, -0.2) is 31.6 Å². The molecule has 2 N–H and O–H groups in total. The van der Waals surface area contributed by atoms with E-state index in [0.717, 1.165) is 25.4 Å². The molecule has 0 saturated carbocycles. The zero-order chi connectivity index (χ0) is 12.1. The number of nitrogens with two attached hydrogens (primary N) is 1. The highest BCUT2D eigenvalue weighted by molar-refractivity contribution is 5.27. The van der Waals surface area contributed by atoms with Gasteiger partial charge in [0.15, 0.2) is 0 Å². The van der Waals surface area contributed by atoms with Gasteiger partial charge < -0.3 is 10.5 Å². The topological polar surface area (TPSA) is 38.5 Å². The molecule has 1 heterocycles. The first-order valence-electron chi connectivity index (χ1n) is 6.37. The molecular weight excluding hydrogens is 212 g/mol. The van der Waals surface area contributed by atoms with Gasteiger partial charge in [0.2, 0.25) is 0 Å². The van der Waals surface area contributed by atoms with Crippen LogP contribution >= 0.6 is 0 Å². The minimum Gasteiger partial charge on any atom is -0.497 e. The Kier molecular flexibility index (Phi) is 4.40. The number of ether oxygens (including phenoxy) is 1. The van der Waals surface area contributed by atoms with Gasteiger partial charge in [-0.15, -0.1) is 0 Å². The second-order valence-electron chi connectivity index (χ2n) is 4.83. The molecule has 94 valence electrons. The van der Waals surface area contributed by atoms with Crippen molar-refractivity contribution in [2.75, 3.05) is 26.7 Å². The Bertz CT molecular complexity index is 337. The van der Waals surface area contributed by atoms with E-state index in [-0.39, 0.29) is 0 Å². The van der Waals surface area contributed by atoms with Gasteiger partial charge in [0.05, 0.1) is 7.11 Å². The first-order chi connectivity index (χ1) is 8.31. The summed E-state index contributed by atoms with van der Waals surface area (Å²) < 4.78 is 5.16. The molecule has 1 atom stereocenters. The maximum absolute atomic E-state index is 5.75. The van der Waals surface area contributed by atoms with Crippen molar-refractivity contribution in [3.8, 4) is 5.75 Å². The summed E-state index contributed by atoms with van der Waals surface area (Å²) in [5, 5.41) is 0. The highest BCUT2D eigenvalue weighted by Gasteiger charge is 2.18. The van der Waals surface area contributed by atoms with Gasteiger partial charge in [0.1, 0.15) is 5.75 Å². The van der Waals surface area contributed by atoms with Crippen molar-refractivity contribution >= 4 is 0 Å². The number of methoxy groups -OCH3 is 1. The molecule has 0 spiro atoms. The van der Waals surface area contributed by atoms with Gasteiger partial charge in [-0.3, -0.25) is 4.90 Å². The molecular formula is C14H22N2O. The van der Waals surface area contributed by atoms with E-state index >= 15 is 0 Å². The highest BCUT2D eigenvalue weighted by atomic mass is 16.5. The van der Waals surface area contributed by atoms with Gasteiger partial charge in [-0.05, 0) is 49.5 Å². The molecule has 1 fully saturated rings. The molecule has 1 unspecified atom stereocenters. The normalized spacial score (nSPS) is 21.4. The lowest BCUT2D eigenvalue weighted by Crippen LogP contribution is -2.37. The summed E-state index contributed by atoms with van der Waals surface area (Å²) in [6.07, 6.45) is 2.56. The molecule has 3 nitrogen and oxygen atoms in total. The summed E-state index contributed by atoms with van der Waals surface area (Å²) in [6.45, 7) is 4.19. The summed E-state index contributed by atoms with van der Waals surface area (Å²) >= 11 is 0. The van der Waals surface area contributed by atoms with Crippen LogP contribution in [0.1, 0.15) is 18.4 Å². The number of rotatable bonds is 4. The number of hydrogen-bond donors (Lipinski definition) is 1. The van der Waals surface area contributed by atoms with E-state index in [2.05, 4.69) is 17.0 Å². The van der Waals surface area contributed by atoms with Gasteiger partial charge in [0, 0.05) is 13.1 Å². The van der Waals surface area contributed by atoms with Crippen LogP contribution in [-0.2, 0) is 6.54 Å². The number of nitrogens with zero attached hydrogens (tertiary/aromatic N) is 1. The van der Waals surface area contributed by atoms with Crippen LogP contribution in [0.15, 0.2) is 24.3 Å². The molecule has 1 aromatic carbocycles. The fourth-order valence-corrected chi connectivity index (χ4v) is 2.48. The first kappa shape index (κ1) is 12.4. The summed E-state index contributed by atoms with van der Waals surface area (Å²) in [7, 11) is 1.70. The van der Waals surface area contributed by atoms with Gasteiger partial charge in [-0.25, -0.2) is 0 Å². The summed E-state index contributed by atoms with van der Waals surface area (Å²) in [6, 6.07) is 8.34. The third kappa shape index (κ3) is 3.45. The second kappa shape index (κ2) is 6.03. The standard InChI is InChI=1S/C14H22N2O/c1-17-14-6-4-12(5-7-14)10-16-8-2-3-13(9-15)11-16/h4-7,13H,2-3,8-11,15H2,1H3. The lowest BCUT2D eigenvalue weighted by atomic mass is 9.98. The van der Waals surface area contributed by atoms with Crippen molar-refractivity contribution in [2.45, 2.75) is 19.4 Å². The van der Waals surface area contributed by atoms with Crippen LogP contribution in [0, 0.1) is 5.92 Å². The lowest BCUT2D eigenvalue weighted by molar-refractivity contribution is 0.171. The van der Waals surface area contributed by atoms with E-state index in [0.29, 0.717) is 5.92 Å². The molecule has 1 saturated heterocycles. The molecule has 0 amide bonds.